The van der Waals surface area contributed by atoms with Crippen LogP contribution >= 0.6 is 23.2 Å². The maximum Gasteiger partial charge on any atom is 0.264 e. The molecule has 0 saturated carbocycles. The number of methoxy groups -OCH3 is 1. The second-order valence-electron chi connectivity index (χ2n) is 7.56. The second kappa shape index (κ2) is 10.8. The fourth-order valence-corrected chi connectivity index (χ4v) is 4.82. The van der Waals surface area contributed by atoms with E-state index in [0.717, 1.165) is 6.20 Å². The highest BCUT2D eigenvalue weighted by molar-refractivity contribution is 7.92. The molecule has 13 heteroatoms. The van der Waals surface area contributed by atoms with Gasteiger partial charge in [0.1, 0.15) is 28.5 Å². The lowest BCUT2D eigenvalue weighted by atomic mass is 10.0. The zero-order valence-electron chi connectivity index (χ0n) is 19.4. The highest BCUT2D eigenvalue weighted by atomic mass is 35.5. The first-order valence-electron chi connectivity index (χ1n) is 10.7. The summed E-state index contributed by atoms with van der Waals surface area (Å²) in [6, 6.07) is 11.3. The minimum absolute atomic E-state index is 0.00812. The summed E-state index contributed by atoms with van der Waals surface area (Å²) in [5.41, 5.74) is 1.32. The fraction of sp³-hybridized carbons (Fsp3) is 0.125. The second-order valence-corrected chi connectivity index (χ2v) is 10.1. The number of amides is 1. The topological polar surface area (TPSA) is 115 Å². The van der Waals surface area contributed by atoms with E-state index in [-0.39, 0.29) is 50.3 Å². The number of hydrogen-bond donors (Lipinski definition) is 1. The third-order valence-corrected chi connectivity index (χ3v) is 7.17. The molecule has 0 spiro atoms. The van der Waals surface area contributed by atoms with Crippen molar-refractivity contribution in [2.75, 3.05) is 16.7 Å². The predicted molar refractivity (Wildman–Crippen MR) is 137 cm³/mol. The number of pyridine rings is 1. The summed E-state index contributed by atoms with van der Waals surface area (Å²) in [6.45, 7) is 1.67. The first-order chi connectivity index (χ1) is 17.6. The quantitative estimate of drug-likeness (QED) is 0.276. The Hall–Kier alpha value is -3.67. The lowest BCUT2D eigenvalue weighted by Crippen LogP contribution is -2.26. The van der Waals surface area contributed by atoms with E-state index in [1.807, 2.05) is 0 Å². The van der Waals surface area contributed by atoms with Crippen molar-refractivity contribution in [2.45, 2.75) is 18.2 Å². The molecule has 0 bridgehead atoms. The number of hydrogen-bond acceptors (Lipinski definition) is 7. The number of halogens is 3. The number of ether oxygens (including phenoxy) is 1. The van der Waals surface area contributed by atoms with Crippen LogP contribution in [0.15, 0.2) is 70.4 Å². The summed E-state index contributed by atoms with van der Waals surface area (Å²) in [4.78, 5) is 18.3. The van der Waals surface area contributed by atoms with Crippen molar-refractivity contribution >= 4 is 56.5 Å². The van der Waals surface area contributed by atoms with Crippen LogP contribution in [0.2, 0.25) is 10.0 Å². The van der Waals surface area contributed by atoms with Crippen molar-refractivity contribution in [3.63, 3.8) is 0 Å². The van der Waals surface area contributed by atoms with Gasteiger partial charge in [-0.1, -0.05) is 41.3 Å². The number of rotatable bonds is 8. The van der Waals surface area contributed by atoms with E-state index in [9.17, 15) is 17.6 Å². The molecule has 0 saturated heterocycles. The Kier molecular flexibility index (Phi) is 7.67. The Morgan fingerprint density at radius 2 is 1.92 bits per heavy atom. The van der Waals surface area contributed by atoms with Crippen LogP contribution in [0, 0.1) is 5.82 Å². The molecular weight excluding hydrogens is 546 g/mol. The minimum Gasteiger partial charge on any atom is -0.495 e. The molecule has 4 rings (SSSR count). The number of nitrogens with zero attached hydrogens (tertiary/aromatic N) is 3. The van der Waals surface area contributed by atoms with Gasteiger partial charge in [0.25, 0.3) is 10.0 Å². The summed E-state index contributed by atoms with van der Waals surface area (Å²) >= 11 is 12.5. The zero-order chi connectivity index (χ0) is 26.7. The SMILES string of the molecule is CCC(=O)N(c1ccc(S(=O)(=O)Nc2ccon2)cn1)c1cc(Cl)c(-c2ccc(F)c(Cl)c2)cc1OC. The molecule has 4 aromatic rings. The average Bonchev–Trinajstić information content (AvgIpc) is 3.38. The van der Waals surface area contributed by atoms with Gasteiger partial charge in [0.05, 0.1) is 22.8 Å². The Labute approximate surface area is 221 Å². The van der Waals surface area contributed by atoms with Crippen LogP contribution in [0.25, 0.3) is 11.1 Å². The molecule has 192 valence electrons. The van der Waals surface area contributed by atoms with Crippen LogP contribution in [0.5, 0.6) is 5.75 Å². The Morgan fingerprint density at radius 1 is 1.14 bits per heavy atom. The zero-order valence-corrected chi connectivity index (χ0v) is 21.7. The first kappa shape index (κ1) is 26.4. The summed E-state index contributed by atoms with van der Waals surface area (Å²) in [5.74, 6) is -0.505. The normalized spacial score (nSPS) is 11.3. The molecule has 0 aliphatic heterocycles. The largest absolute Gasteiger partial charge is 0.495 e. The number of benzene rings is 2. The van der Waals surface area contributed by atoms with E-state index in [0.29, 0.717) is 11.1 Å². The standard InChI is InChI=1S/C24H19Cl2FN4O5S/c1-3-24(32)31(23-7-5-15(13-28-23)37(33,34)30-22-8-9-36-29-22)20-12-17(25)16(11-21(20)35-2)14-4-6-19(27)18(26)10-14/h4-13H,3H2,1-2H3,(H,29,30). The third kappa shape index (κ3) is 5.53. The Balaban J connectivity index is 1.75. The molecule has 2 heterocycles. The molecule has 2 aromatic carbocycles. The smallest absolute Gasteiger partial charge is 0.264 e. The molecule has 0 aliphatic rings. The molecule has 1 N–H and O–H groups in total. The average molecular weight is 565 g/mol. The number of carbonyl (C=O) groups excluding carboxylic acids is 1. The van der Waals surface area contributed by atoms with Gasteiger partial charge in [-0.05, 0) is 42.0 Å². The summed E-state index contributed by atoms with van der Waals surface area (Å²) in [5, 5.41) is 3.69. The van der Waals surface area contributed by atoms with Crippen LogP contribution in [0.1, 0.15) is 13.3 Å². The molecule has 37 heavy (non-hydrogen) atoms. The number of nitrogens with one attached hydrogen (secondary N) is 1. The summed E-state index contributed by atoms with van der Waals surface area (Å²) < 4.78 is 51.3. The van der Waals surface area contributed by atoms with Gasteiger partial charge in [0.2, 0.25) is 5.91 Å². The van der Waals surface area contributed by atoms with Crippen molar-refractivity contribution in [3.05, 3.63) is 76.9 Å². The highest BCUT2D eigenvalue weighted by Crippen LogP contribution is 2.42. The molecular formula is C24H19Cl2FN4O5S. The molecule has 0 fully saturated rings. The van der Waals surface area contributed by atoms with E-state index in [1.165, 1.54) is 60.7 Å². The van der Waals surface area contributed by atoms with E-state index < -0.39 is 15.8 Å². The van der Waals surface area contributed by atoms with E-state index in [2.05, 4.69) is 19.4 Å². The molecule has 0 atom stereocenters. The molecule has 9 nitrogen and oxygen atoms in total. The van der Waals surface area contributed by atoms with Gasteiger partial charge >= 0.3 is 0 Å². The third-order valence-electron chi connectivity index (χ3n) is 5.23. The fourth-order valence-electron chi connectivity index (χ4n) is 3.44. The molecule has 0 radical (unpaired) electrons. The maximum absolute atomic E-state index is 13.7. The predicted octanol–water partition coefficient (Wildman–Crippen LogP) is 6.07. The van der Waals surface area contributed by atoms with Crippen molar-refractivity contribution in [3.8, 4) is 16.9 Å². The molecule has 2 aromatic heterocycles. The first-order valence-corrected chi connectivity index (χ1v) is 12.9. The van der Waals surface area contributed by atoms with Gasteiger partial charge in [-0.2, -0.15) is 0 Å². The number of sulfonamides is 1. The van der Waals surface area contributed by atoms with E-state index in [1.54, 1.807) is 13.0 Å². The lowest BCUT2D eigenvalue weighted by molar-refractivity contribution is -0.117. The van der Waals surface area contributed by atoms with Crippen molar-refractivity contribution in [2.24, 2.45) is 0 Å². The minimum atomic E-state index is -4.00. The Bertz CT molecular complexity index is 1550. The molecule has 1 amide bonds. The van der Waals surface area contributed by atoms with Crippen LogP contribution in [-0.4, -0.2) is 31.6 Å². The van der Waals surface area contributed by atoms with E-state index >= 15 is 0 Å². The van der Waals surface area contributed by atoms with Crippen molar-refractivity contribution < 1.29 is 26.9 Å². The monoisotopic (exact) mass is 564 g/mol. The van der Waals surface area contributed by atoms with Crippen molar-refractivity contribution in [1.82, 2.24) is 10.1 Å². The summed E-state index contributed by atoms with van der Waals surface area (Å²) in [6.07, 6.45) is 2.43. The summed E-state index contributed by atoms with van der Waals surface area (Å²) in [7, 11) is -2.58. The number of aromatic nitrogens is 2. The van der Waals surface area contributed by atoms with Crippen LogP contribution in [0.3, 0.4) is 0 Å². The van der Waals surface area contributed by atoms with Gasteiger partial charge in [-0.25, -0.2) is 17.8 Å². The van der Waals surface area contributed by atoms with Crippen LogP contribution in [-0.2, 0) is 14.8 Å². The van der Waals surface area contributed by atoms with E-state index in [4.69, 9.17) is 27.9 Å². The van der Waals surface area contributed by atoms with Crippen molar-refractivity contribution in [1.29, 1.82) is 0 Å². The maximum atomic E-state index is 13.7. The highest BCUT2D eigenvalue weighted by Gasteiger charge is 2.25. The van der Waals surface area contributed by atoms with Crippen LogP contribution < -0.4 is 14.4 Å². The lowest BCUT2D eigenvalue weighted by Gasteiger charge is -2.24. The van der Waals surface area contributed by atoms with Gasteiger partial charge in [0, 0.05) is 24.2 Å². The molecule has 0 aliphatic carbocycles. The van der Waals surface area contributed by atoms with Crippen LogP contribution in [0.4, 0.5) is 21.7 Å². The Morgan fingerprint density at radius 3 is 2.51 bits per heavy atom. The van der Waals surface area contributed by atoms with Gasteiger partial charge in [0.15, 0.2) is 5.82 Å². The molecule has 0 unspecified atom stereocenters. The number of carbonyl (C=O) groups is 1. The number of anilines is 3. The van der Waals surface area contributed by atoms with Gasteiger partial charge in [-0.3, -0.25) is 14.4 Å². The van der Waals surface area contributed by atoms with Gasteiger partial charge < -0.3 is 9.26 Å². The van der Waals surface area contributed by atoms with Gasteiger partial charge in [-0.15, -0.1) is 0 Å².